The first-order chi connectivity index (χ1) is 6.98. The Morgan fingerprint density at radius 3 is 2.73 bits per heavy atom. The van der Waals surface area contributed by atoms with E-state index in [0.717, 1.165) is 3.57 Å². The minimum atomic E-state index is -0.429. The summed E-state index contributed by atoms with van der Waals surface area (Å²) in [6.07, 6.45) is 1.41. The molecule has 4 nitrogen and oxygen atoms in total. The number of carbonyl (C=O) groups excluding carboxylic acids is 1. The number of nitrogens with zero attached hydrogens (tertiary/aromatic N) is 2. The molecule has 5 heteroatoms. The summed E-state index contributed by atoms with van der Waals surface area (Å²) in [5, 5.41) is 0. The molecule has 1 aromatic rings. The SMILES string of the molecule is CC1(C)CN(c2ccc(I)cn2)C(=O)O1. The fourth-order valence-electron chi connectivity index (χ4n) is 1.47. The molecule has 1 saturated heterocycles. The van der Waals surface area contributed by atoms with E-state index < -0.39 is 5.60 Å². The zero-order valence-electron chi connectivity index (χ0n) is 8.53. The summed E-state index contributed by atoms with van der Waals surface area (Å²) in [7, 11) is 0. The molecule has 1 amide bonds. The molecule has 0 unspecified atom stereocenters. The normalized spacial score (nSPS) is 19.1. The first-order valence-corrected chi connectivity index (χ1v) is 5.68. The Morgan fingerprint density at radius 1 is 1.53 bits per heavy atom. The maximum absolute atomic E-state index is 11.5. The van der Waals surface area contributed by atoms with Crippen molar-refractivity contribution in [2.45, 2.75) is 19.4 Å². The van der Waals surface area contributed by atoms with Crippen molar-refractivity contribution in [1.82, 2.24) is 4.98 Å². The molecule has 1 aliphatic rings. The number of hydrogen-bond donors (Lipinski definition) is 0. The second kappa shape index (κ2) is 3.62. The predicted molar refractivity (Wildman–Crippen MR) is 64.9 cm³/mol. The van der Waals surface area contributed by atoms with Crippen LogP contribution in [0.1, 0.15) is 13.8 Å². The van der Waals surface area contributed by atoms with Crippen molar-refractivity contribution in [2.75, 3.05) is 11.4 Å². The van der Waals surface area contributed by atoms with Gasteiger partial charge in [0.25, 0.3) is 0 Å². The molecule has 1 aromatic heterocycles. The fraction of sp³-hybridized carbons (Fsp3) is 0.400. The van der Waals surface area contributed by atoms with Crippen LogP contribution in [0, 0.1) is 3.57 Å². The first-order valence-electron chi connectivity index (χ1n) is 4.60. The van der Waals surface area contributed by atoms with Crippen molar-refractivity contribution < 1.29 is 9.53 Å². The zero-order valence-corrected chi connectivity index (χ0v) is 10.7. The lowest BCUT2D eigenvalue weighted by Gasteiger charge is -2.14. The zero-order chi connectivity index (χ0) is 11.1. The van der Waals surface area contributed by atoms with Crippen LogP contribution < -0.4 is 4.90 Å². The summed E-state index contributed by atoms with van der Waals surface area (Å²) < 4.78 is 6.24. The Hall–Kier alpha value is -0.850. The summed E-state index contributed by atoms with van der Waals surface area (Å²) in [6.45, 7) is 4.31. The lowest BCUT2D eigenvalue weighted by atomic mass is 10.1. The fourth-order valence-corrected chi connectivity index (χ4v) is 1.79. The number of amides is 1. The van der Waals surface area contributed by atoms with E-state index in [1.807, 2.05) is 26.0 Å². The largest absolute Gasteiger partial charge is 0.441 e. The van der Waals surface area contributed by atoms with E-state index in [1.165, 1.54) is 0 Å². The minimum Gasteiger partial charge on any atom is -0.441 e. The molecule has 1 aliphatic heterocycles. The van der Waals surface area contributed by atoms with E-state index in [-0.39, 0.29) is 6.09 Å². The van der Waals surface area contributed by atoms with Crippen LogP contribution in [0.4, 0.5) is 10.6 Å². The van der Waals surface area contributed by atoms with Gasteiger partial charge in [0.15, 0.2) is 0 Å². The predicted octanol–water partition coefficient (Wildman–Crippen LogP) is 2.42. The monoisotopic (exact) mass is 318 g/mol. The quantitative estimate of drug-likeness (QED) is 0.747. The molecule has 0 N–H and O–H groups in total. The molecule has 0 bridgehead atoms. The average molecular weight is 318 g/mol. The third-order valence-corrected chi connectivity index (χ3v) is 2.75. The second-order valence-corrected chi connectivity index (χ2v) is 5.29. The highest BCUT2D eigenvalue weighted by Crippen LogP contribution is 2.26. The number of rotatable bonds is 1. The smallest absolute Gasteiger partial charge is 0.416 e. The maximum atomic E-state index is 11.5. The van der Waals surface area contributed by atoms with Crippen molar-refractivity contribution in [2.24, 2.45) is 0 Å². The molecule has 80 valence electrons. The molecule has 0 spiro atoms. The van der Waals surface area contributed by atoms with Crippen LogP contribution in [0.3, 0.4) is 0 Å². The molecule has 2 rings (SSSR count). The highest BCUT2D eigenvalue weighted by Gasteiger charge is 2.38. The van der Waals surface area contributed by atoms with E-state index in [4.69, 9.17) is 4.74 Å². The number of cyclic esters (lactones) is 1. The summed E-state index contributed by atoms with van der Waals surface area (Å²) in [5.41, 5.74) is -0.429. The van der Waals surface area contributed by atoms with E-state index in [9.17, 15) is 4.79 Å². The van der Waals surface area contributed by atoms with Gasteiger partial charge in [-0.2, -0.15) is 0 Å². The molecule has 15 heavy (non-hydrogen) atoms. The van der Waals surface area contributed by atoms with Gasteiger partial charge in [-0.25, -0.2) is 9.78 Å². The number of hydrogen-bond acceptors (Lipinski definition) is 3. The molecule has 0 aliphatic carbocycles. The number of ether oxygens (including phenoxy) is 1. The highest BCUT2D eigenvalue weighted by atomic mass is 127. The Morgan fingerprint density at radius 2 is 2.27 bits per heavy atom. The molecule has 2 heterocycles. The lowest BCUT2D eigenvalue weighted by Crippen LogP contribution is -2.28. The summed E-state index contributed by atoms with van der Waals surface area (Å²) in [6, 6.07) is 3.74. The molecule has 1 fully saturated rings. The van der Waals surface area contributed by atoms with Gasteiger partial charge in [0.2, 0.25) is 0 Å². The Balaban J connectivity index is 2.25. The molecule has 0 radical (unpaired) electrons. The van der Waals surface area contributed by atoms with E-state index in [0.29, 0.717) is 12.4 Å². The average Bonchev–Trinajstić information content (AvgIpc) is 2.41. The first kappa shape index (κ1) is 10.7. The number of anilines is 1. The summed E-state index contributed by atoms with van der Waals surface area (Å²) >= 11 is 2.17. The van der Waals surface area contributed by atoms with Crippen molar-refractivity contribution in [3.63, 3.8) is 0 Å². The maximum Gasteiger partial charge on any atom is 0.416 e. The summed E-state index contributed by atoms with van der Waals surface area (Å²) in [5.74, 6) is 0.644. The number of halogens is 1. The number of aromatic nitrogens is 1. The molecular weight excluding hydrogens is 307 g/mol. The van der Waals surface area contributed by atoms with Crippen LogP contribution in [0.5, 0.6) is 0 Å². The third kappa shape index (κ3) is 2.22. The van der Waals surface area contributed by atoms with Crippen LogP contribution >= 0.6 is 22.6 Å². The van der Waals surface area contributed by atoms with Crippen molar-refractivity contribution in [3.05, 3.63) is 21.9 Å². The topological polar surface area (TPSA) is 42.4 Å². The van der Waals surface area contributed by atoms with Gasteiger partial charge in [-0.15, -0.1) is 0 Å². The van der Waals surface area contributed by atoms with Gasteiger partial charge in [-0.1, -0.05) is 0 Å². The van der Waals surface area contributed by atoms with E-state index >= 15 is 0 Å². The van der Waals surface area contributed by atoms with Crippen molar-refractivity contribution in [1.29, 1.82) is 0 Å². The Labute approximate surface area is 102 Å². The van der Waals surface area contributed by atoms with Gasteiger partial charge >= 0.3 is 6.09 Å². The van der Waals surface area contributed by atoms with Crippen molar-refractivity contribution in [3.8, 4) is 0 Å². The van der Waals surface area contributed by atoms with Crippen LogP contribution in [0.15, 0.2) is 18.3 Å². The van der Waals surface area contributed by atoms with Crippen molar-refractivity contribution >= 4 is 34.5 Å². The standard InChI is InChI=1S/C10H11IN2O2/c1-10(2)6-13(9(14)15-10)8-4-3-7(11)5-12-8/h3-5H,6H2,1-2H3. The van der Waals surface area contributed by atoms with Gasteiger partial charge in [0.05, 0.1) is 6.54 Å². The van der Waals surface area contributed by atoms with Gasteiger partial charge in [0, 0.05) is 9.77 Å². The number of pyridine rings is 1. The molecule has 0 atom stereocenters. The Bertz CT molecular complexity index is 389. The van der Waals surface area contributed by atoms with E-state index in [1.54, 1.807) is 11.1 Å². The third-order valence-electron chi connectivity index (χ3n) is 2.11. The number of carbonyl (C=O) groups is 1. The highest BCUT2D eigenvalue weighted by molar-refractivity contribution is 14.1. The van der Waals surface area contributed by atoms with Gasteiger partial charge < -0.3 is 4.74 Å². The van der Waals surface area contributed by atoms with Gasteiger partial charge in [-0.05, 0) is 48.6 Å². The second-order valence-electron chi connectivity index (χ2n) is 4.05. The van der Waals surface area contributed by atoms with Crippen LogP contribution in [0.2, 0.25) is 0 Å². The van der Waals surface area contributed by atoms with Gasteiger partial charge in [-0.3, -0.25) is 4.90 Å². The minimum absolute atomic E-state index is 0.325. The molecular formula is C10H11IN2O2. The van der Waals surface area contributed by atoms with Crippen LogP contribution in [-0.2, 0) is 4.74 Å². The van der Waals surface area contributed by atoms with Gasteiger partial charge in [0.1, 0.15) is 11.4 Å². The lowest BCUT2D eigenvalue weighted by molar-refractivity contribution is 0.0871. The van der Waals surface area contributed by atoms with Crippen LogP contribution in [-0.4, -0.2) is 23.2 Å². The molecule has 0 aromatic carbocycles. The Kier molecular flexibility index (Phi) is 2.57. The summed E-state index contributed by atoms with van der Waals surface area (Å²) in [4.78, 5) is 17.3. The van der Waals surface area contributed by atoms with E-state index in [2.05, 4.69) is 27.6 Å². The van der Waals surface area contributed by atoms with Crippen LogP contribution in [0.25, 0.3) is 0 Å². The molecule has 0 saturated carbocycles.